The number of hydrogen-bond donors (Lipinski definition) is 1. The van der Waals surface area contributed by atoms with Crippen molar-refractivity contribution < 1.29 is 0 Å². The van der Waals surface area contributed by atoms with E-state index in [1.807, 2.05) is 0 Å². The fraction of sp³-hybridized carbons (Fsp3) is 1.00. The standard InChI is InChI=1S/C18H34N2/c1-3-11-19-15-12-16-7-5-8-17(13-15)20(16)14-18(4-2)9-6-10-18/h15-17,19H,3-14H2,1-2H3. The SMILES string of the molecule is CCCNC1CC2CCCC(C1)N2CC1(CC)CCC1. The van der Waals surface area contributed by atoms with Crippen molar-refractivity contribution in [2.75, 3.05) is 13.1 Å². The van der Waals surface area contributed by atoms with Crippen LogP contribution in [0.15, 0.2) is 0 Å². The van der Waals surface area contributed by atoms with E-state index in [0.717, 1.165) is 18.1 Å². The maximum Gasteiger partial charge on any atom is 0.0113 e. The van der Waals surface area contributed by atoms with Gasteiger partial charge in [-0.3, -0.25) is 4.90 Å². The molecule has 1 saturated carbocycles. The molecular formula is C18H34N2. The van der Waals surface area contributed by atoms with Crippen LogP contribution in [0, 0.1) is 5.41 Å². The van der Waals surface area contributed by atoms with Gasteiger partial charge in [0, 0.05) is 24.7 Å². The van der Waals surface area contributed by atoms with Crippen LogP contribution >= 0.6 is 0 Å². The number of nitrogens with one attached hydrogen (secondary N) is 1. The third kappa shape index (κ3) is 2.92. The highest BCUT2D eigenvalue weighted by atomic mass is 15.2. The van der Waals surface area contributed by atoms with E-state index in [1.165, 1.54) is 77.3 Å². The van der Waals surface area contributed by atoms with Gasteiger partial charge in [0.1, 0.15) is 0 Å². The van der Waals surface area contributed by atoms with Gasteiger partial charge in [0.15, 0.2) is 0 Å². The van der Waals surface area contributed by atoms with Gasteiger partial charge in [0.25, 0.3) is 0 Å². The molecule has 1 N–H and O–H groups in total. The molecule has 3 rings (SSSR count). The molecule has 2 nitrogen and oxygen atoms in total. The van der Waals surface area contributed by atoms with Crippen molar-refractivity contribution in [1.82, 2.24) is 10.2 Å². The summed E-state index contributed by atoms with van der Waals surface area (Å²) in [5, 5.41) is 3.80. The average molecular weight is 278 g/mol. The highest BCUT2D eigenvalue weighted by molar-refractivity contribution is 4.99. The van der Waals surface area contributed by atoms with Gasteiger partial charge < -0.3 is 5.32 Å². The summed E-state index contributed by atoms with van der Waals surface area (Å²) in [7, 11) is 0. The summed E-state index contributed by atoms with van der Waals surface area (Å²) in [4.78, 5) is 2.95. The first-order valence-electron chi connectivity index (χ1n) is 9.25. The molecule has 3 aliphatic rings. The molecule has 0 aromatic rings. The summed E-state index contributed by atoms with van der Waals surface area (Å²) in [6, 6.07) is 2.59. The Bertz CT molecular complexity index is 291. The molecule has 2 saturated heterocycles. The van der Waals surface area contributed by atoms with E-state index in [4.69, 9.17) is 0 Å². The van der Waals surface area contributed by atoms with Crippen LogP contribution in [0.4, 0.5) is 0 Å². The van der Waals surface area contributed by atoms with Crippen LogP contribution in [0.2, 0.25) is 0 Å². The minimum atomic E-state index is 0.706. The van der Waals surface area contributed by atoms with Gasteiger partial charge in [-0.25, -0.2) is 0 Å². The van der Waals surface area contributed by atoms with Crippen molar-refractivity contribution in [1.29, 1.82) is 0 Å². The molecular weight excluding hydrogens is 244 g/mol. The molecule has 2 unspecified atom stereocenters. The minimum absolute atomic E-state index is 0.706. The lowest BCUT2D eigenvalue weighted by molar-refractivity contribution is -0.0352. The Morgan fingerprint density at radius 2 is 1.75 bits per heavy atom. The summed E-state index contributed by atoms with van der Waals surface area (Å²) in [6.45, 7) is 7.33. The fourth-order valence-electron chi connectivity index (χ4n) is 4.94. The molecule has 2 bridgehead atoms. The van der Waals surface area contributed by atoms with E-state index < -0.39 is 0 Å². The van der Waals surface area contributed by atoms with Crippen molar-refractivity contribution in [2.24, 2.45) is 5.41 Å². The van der Waals surface area contributed by atoms with Crippen LogP contribution in [-0.4, -0.2) is 36.1 Å². The van der Waals surface area contributed by atoms with E-state index in [9.17, 15) is 0 Å². The molecule has 0 aromatic carbocycles. The second-order valence-corrected chi connectivity index (χ2v) is 7.74. The number of fused-ring (bicyclic) bond motifs is 2. The number of piperidine rings is 2. The van der Waals surface area contributed by atoms with Crippen molar-refractivity contribution in [3.8, 4) is 0 Å². The van der Waals surface area contributed by atoms with Crippen molar-refractivity contribution in [2.45, 2.75) is 96.2 Å². The number of rotatable bonds is 6. The zero-order chi connectivity index (χ0) is 14.0. The molecule has 0 radical (unpaired) electrons. The summed E-state index contributed by atoms with van der Waals surface area (Å²) < 4.78 is 0. The van der Waals surface area contributed by atoms with Crippen LogP contribution < -0.4 is 5.32 Å². The van der Waals surface area contributed by atoms with E-state index >= 15 is 0 Å². The Labute approximate surface area is 125 Å². The lowest BCUT2D eigenvalue weighted by Gasteiger charge is -2.54. The third-order valence-electron chi connectivity index (χ3n) is 6.49. The molecule has 2 heteroatoms. The van der Waals surface area contributed by atoms with Crippen molar-refractivity contribution in [3.05, 3.63) is 0 Å². The third-order valence-corrected chi connectivity index (χ3v) is 6.49. The van der Waals surface area contributed by atoms with Crippen LogP contribution in [0.3, 0.4) is 0 Å². The predicted octanol–water partition coefficient (Wildman–Crippen LogP) is 3.95. The minimum Gasteiger partial charge on any atom is -0.314 e. The lowest BCUT2D eigenvalue weighted by atomic mass is 9.65. The van der Waals surface area contributed by atoms with Crippen LogP contribution in [0.25, 0.3) is 0 Å². The quantitative estimate of drug-likeness (QED) is 0.791. The van der Waals surface area contributed by atoms with Gasteiger partial charge in [-0.1, -0.05) is 26.7 Å². The number of nitrogens with zero attached hydrogens (tertiary/aromatic N) is 1. The van der Waals surface area contributed by atoms with E-state index in [2.05, 4.69) is 24.1 Å². The first-order chi connectivity index (χ1) is 9.76. The molecule has 2 atom stereocenters. The Hall–Kier alpha value is -0.0800. The Morgan fingerprint density at radius 1 is 1.05 bits per heavy atom. The van der Waals surface area contributed by atoms with Gasteiger partial charge in [-0.05, 0) is 63.3 Å². The van der Waals surface area contributed by atoms with E-state index in [0.29, 0.717) is 5.41 Å². The van der Waals surface area contributed by atoms with Gasteiger partial charge in [0.05, 0.1) is 0 Å². The second kappa shape index (κ2) is 6.36. The summed E-state index contributed by atoms with van der Waals surface area (Å²) in [5.74, 6) is 0. The van der Waals surface area contributed by atoms with Crippen molar-refractivity contribution in [3.63, 3.8) is 0 Å². The Kier molecular flexibility index (Phi) is 4.72. The first-order valence-corrected chi connectivity index (χ1v) is 9.25. The largest absolute Gasteiger partial charge is 0.314 e. The zero-order valence-electron chi connectivity index (χ0n) is 13.7. The van der Waals surface area contributed by atoms with Crippen LogP contribution in [-0.2, 0) is 0 Å². The topological polar surface area (TPSA) is 15.3 Å². The maximum absolute atomic E-state index is 3.80. The average Bonchev–Trinajstić information content (AvgIpc) is 2.40. The molecule has 0 aromatic heterocycles. The first kappa shape index (κ1) is 14.8. The molecule has 0 amide bonds. The summed E-state index contributed by atoms with van der Waals surface area (Å²) in [5.41, 5.74) is 0.706. The van der Waals surface area contributed by atoms with E-state index in [1.54, 1.807) is 0 Å². The highest BCUT2D eigenvalue weighted by Gasteiger charge is 2.44. The maximum atomic E-state index is 3.80. The molecule has 3 fully saturated rings. The van der Waals surface area contributed by atoms with Crippen LogP contribution in [0.1, 0.15) is 78.1 Å². The van der Waals surface area contributed by atoms with Crippen LogP contribution in [0.5, 0.6) is 0 Å². The summed E-state index contributed by atoms with van der Waals surface area (Å²) >= 11 is 0. The molecule has 0 spiro atoms. The van der Waals surface area contributed by atoms with Crippen molar-refractivity contribution >= 4 is 0 Å². The Balaban J connectivity index is 1.61. The fourth-order valence-corrected chi connectivity index (χ4v) is 4.94. The summed E-state index contributed by atoms with van der Waals surface area (Å²) in [6.07, 6.45) is 14.4. The monoisotopic (exact) mass is 278 g/mol. The van der Waals surface area contributed by atoms with Gasteiger partial charge >= 0.3 is 0 Å². The molecule has 20 heavy (non-hydrogen) atoms. The second-order valence-electron chi connectivity index (χ2n) is 7.74. The molecule has 1 aliphatic carbocycles. The molecule has 2 aliphatic heterocycles. The molecule has 116 valence electrons. The predicted molar refractivity (Wildman–Crippen MR) is 86.0 cm³/mol. The van der Waals surface area contributed by atoms with Gasteiger partial charge in [-0.2, -0.15) is 0 Å². The molecule has 2 heterocycles. The normalized spacial score (nSPS) is 36.6. The lowest BCUT2D eigenvalue weighted by Crippen LogP contribution is -2.59. The van der Waals surface area contributed by atoms with Gasteiger partial charge in [0.2, 0.25) is 0 Å². The number of hydrogen-bond acceptors (Lipinski definition) is 2. The highest BCUT2D eigenvalue weighted by Crippen LogP contribution is 2.47. The van der Waals surface area contributed by atoms with E-state index in [-0.39, 0.29) is 0 Å². The zero-order valence-corrected chi connectivity index (χ0v) is 13.7. The van der Waals surface area contributed by atoms with Gasteiger partial charge in [-0.15, -0.1) is 0 Å². The Morgan fingerprint density at radius 3 is 2.25 bits per heavy atom. The smallest absolute Gasteiger partial charge is 0.0113 e.